The number of alkyl halides is 2. The van der Waals surface area contributed by atoms with E-state index in [1.165, 1.54) is 24.4 Å². The average molecular weight is 343 g/mol. The predicted octanol–water partition coefficient (Wildman–Crippen LogP) is 1.68. The van der Waals surface area contributed by atoms with Gasteiger partial charge in [0.2, 0.25) is 5.91 Å². The van der Waals surface area contributed by atoms with Crippen LogP contribution in [0.5, 0.6) is 5.75 Å². The van der Waals surface area contributed by atoms with Crippen LogP contribution in [0.15, 0.2) is 34.5 Å². The standard InChI is InChI=1S/C13H11F2N3O4S/c14-12(15)22-8-3-1-2-7(4-8)6-16-18-13-17-11(21)9(23-13)5-10(19)20/h1-4,6,9,12H,5H2,(H,19,20)(H,17,18,21). The molecule has 1 aliphatic rings. The van der Waals surface area contributed by atoms with Crippen LogP contribution in [-0.2, 0) is 9.59 Å². The second kappa shape index (κ2) is 7.68. The number of hydrogen-bond acceptors (Lipinski definition) is 6. The van der Waals surface area contributed by atoms with E-state index in [0.717, 1.165) is 11.8 Å². The highest BCUT2D eigenvalue weighted by atomic mass is 32.2. The Morgan fingerprint density at radius 2 is 2.30 bits per heavy atom. The van der Waals surface area contributed by atoms with Gasteiger partial charge >= 0.3 is 12.6 Å². The summed E-state index contributed by atoms with van der Waals surface area (Å²) in [5, 5.41) is 18.0. The SMILES string of the molecule is O=C(O)CC1SC(=NN=Cc2cccc(OC(F)F)c2)NC1=O. The van der Waals surface area contributed by atoms with Gasteiger partial charge in [-0.25, -0.2) is 0 Å². The number of thioether (sulfide) groups is 1. The first kappa shape index (κ1) is 16.9. The Hall–Kier alpha value is -2.49. The van der Waals surface area contributed by atoms with Crippen molar-refractivity contribution in [2.24, 2.45) is 10.2 Å². The summed E-state index contributed by atoms with van der Waals surface area (Å²) in [6.07, 6.45) is 0.981. The third-order valence-corrected chi connectivity index (χ3v) is 3.65. The summed E-state index contributed by atoms with van der Waals surface area (Å²) in [4.78, 5) is 22.1. The van der Waals surface area contributed by atoms with Crippen molar-refractivity contribution in [2.45, 2.75) is 18.3 Å². The number of aliphatic carboxylic acids is 1. The van der Waals surface area contributed by atoms with Crippen LogP contribution >= 0.6 is 11.8 Å². The van der Waals surface area contributed by atoms with Gasteiger partial charge in [0, 0.05) is 0 Å². The molecule has 1 atom stereocenters. The summed E-state index contributed by atoms with van der Waals surface area (Å²) < 4.78 is 28.5. The Morgan fingerprint density at radius 1 is 1.52 bits per heavy atom. The van der Waals surface area contributed by atoms with E-state index in [0.29, 0.717) is 5.56 Å². The van der Waals surface area contributed by atoms with Crippen molar-refractivity contribution in [3.63, 3.8) is 0 Å². The van der Waals surface area contributed by atoms with Gasteiger partial charge in [0.1, 0.15) is 11.0 Å². The van der Waals surface area contributed by atoms with Gasteiger partial charge < -0.3 is 15.2 Å². The number of carbonyl (C=O) groups is 2. The molecular formula is C13H11F2N3O4S. The number of nitrogens with zero attached hydrogens (tertiary/aromatic N) is 2. The molecule has 1 aromatic carbocycles. The van der Waals surface area contributed by atoms with Gasteiger partial charge in [-0.15, -0.1) is 5.10 Å². The number of carboxylic acid groups (broad SMARTS) is 1. The molecule has 1 aromatic rings. The zero-order chi connectivity index (χ0) is 16.8. The fraction of sp³-hybridized carbons (Fsp3) is 0.231. The maximum absolute atomic E-state index is 12.1. The minimum Gasteiger partial charge on any atom is -0.481 e. The minimum absolute atomic E-state index is 0.0123. The molecule has 1 saturated heterocycles. The second-order valence-electron chi connectivity index (χ2n) is 4.29. The van der Waals surface area contributed by atoms with E-state index in [1.807, 2.05) is 0 Å². The number of hydrogen-bond donors (Lipinski definition) is 2. The Labute approximate surface area is 133 Å². The van der Waals surface area contributed by atoms with Crippen LogP contribution < -0.4 is 10.1 Å². The molecule has 2 N–H and O–H groups in total. The lowest BCUT2D eigenvalue weighted by Gasteiger charge is -2.03. The lowest BCUT2D eigenvalue weighted by atomic mass is 10.2. The van der Waals surface area contributed by atoms with Gasteiger partial charge in [0.25, 0.3) is 0 Å². The first-order valence-electron chi connectivity index (χ1n) is 6.29. The van der Waals surface area contributed by atoms with E-state index in [-0.39, 0.29) is 17.3 Å². The minimum atomic E-state index is -2.92. The van der Waals surface area contributed by atoms with Gasteiger partial charge in [-0.3, -0.25) is 9.59 Å². The molecule has 0 radical (unpaired) electrons. The predicted molar refractivity (Wildman–Crippen MR) is 79.9 cm³/mol. The molecule has 1 heterocycles. The number of amidine groups is 1. The molecule has 1 fully saturated rings. The molecule has 2 rings (SSSR count). The van der Waals surface area contributed by atoms with Crippen LogP contribution in [0.4, 0.5) is 8.78 Å². The zero-order valence-electron chi connectivity index (χ0n) is 11.5. The summed E-state index contributed by atoms with van der Waals surface area (Å²) in [7, 11) is 0. The van der Waals surface area contributed by atoms with Crippen LogP contribution in [0.2, 0.25) is 0 Å². The molecule has 0 bridgehead atoms. The monoisotopic (exact) mass is 343 g/mol. The first-order valence-corrected chi connectivity index (χ1v) is 7.17. The number of carbonyl (C=O) groups excluding carboxylic acids is 1. The highest BCUT2D eigenvalue weighted by Gasteiger charge is 2.32. The highest BCUT2D eigenvalue weighted by molar-refractivity contribution is 8.15. The smallest absolute Gasteiger partial charge is 0.387 e. The number of halogens is 2. The van der Waals surface area contributed by atoms with E-state index in [4.69, 9.17) is 5.11 Å². The summed E-state index contributed by atoms with van der Waals surface area (Å²) >= 11 is 0.965. The van der Waals surface area contributed by atoms with E-state index in [1.54, 1.807) is 6.07 Å². The van der Waals surface area contributed by atoms with Crippen molar-refractivity contribution in [1.82, 2.24) is 5.32 Å². The van der Waals surface area contributed by atoms with Crippen LogP contribution in [0.1, 0.15) is 12.0 Å². The molecule has 0 aromatic heterocycles. The maximum atomic E-state index is 12.1. The quantitative estimate of drug-likeness (QED) is 0.605. The van der Waals surface area contributed by atoms with Crippen molar-refractivity contribution >= 4 is 35.0 Å². The number of benzene rings is 1. The Balaban J connectivity index is 1.98. The summed E-state index contributed by atoms with van der Waals surface area (Å²) in [6, 6.07) is 5.85. The lowest BCUT2D eigenvalue weighted by molar-refractivity contribution is -0.138. The van der Waals surface area contributed by atoms with Crippen LogP contribution in [0.3, 0.4) is 0 Å². The summed E-state index contributed by atoms with van der Waals surface area (Å²) in [5.41, 5.74) is 0.476. The largest absolute Gasteiger partial charge is 0.481 e. The van der Waals surface area contributed by atoms with Crippen molar-refractivity contribution < 1.29 is 28.2 Å². The topological polar surface area (TPSA) is 100 Å². The first-order chi connectivity index (χ1) is 10.9. The summed E-state index contributed by atoms with van der Waals surface area (Å²) in [6.45, 7) is -2.92. The normalized spacial score (nSPS) is 19.5. The molecule has 1 unspecified atom stereocenters. The van der Waals surface area contributed by atoms with Gasteiger partial charge in [0.15, 0.2) is 5.17 Å². The van der Waals surface area contributed by atoms with E-state index < -0.39 is 23.7 Å². The number of rotatable bonds is 6. The van der Waals surface area contributed by atoms with Crippen molar-refractivity contribution in [2.75, 3.05) is 0 Å². The molecule has 1 aliphatic heterocycles. The number of carboxylic acids is 1. The molecule has 0 saturated carbocycles. The molecular weight excluding hydrogens is 332 g/mol. The van der Waals surface area contributed by atoms with Crippen LogP contribution in [-0.4, -0.2) is 40.2 Å². The third-order valence-electron chi connectivity index (χ3n) is 2.58. The van der Waals surface area contributed by atoms with Crippen LogP contribution in [0.25, 0.3) is 0 Å². The molecule has 0 aliphatic carbocycles. The molecule has 23 heavy (non-hydrogen) atoms. The third kappa shape index (κ3) is 5.33. The van der Waals surface area contributed by atoms with E-state index in [9.17, 15) is 18.4 Å². The number of amides is 1. The van der Waals surface area contributed by atoms with Gasteiger partial charge in [0.05, 0.1) is 12.6 Å². The molecule has 0 spiro atoms. The lowest BCUT2D eigenvalue weighted by Crippen LogP contribution is -2.26. The van der Waals surface area contributed by atoms with Gasteiger partial charge in [-0.1, -0.05) is 23.9 Å². The fourth-order valence-corrected chi connectivity index (χ4v) is 2.58. The van der Waals surface area contributed by atoms with E-state index >= 15 is 0 Å². The second-order valence-corrected chi connectivity index (χ2v) is 5.49. The van der Waals surface area contributed by atoms with Gasteiger partial charge in [-0.05, 0) is 17.7 Å². The zero-order valence-corrected chi connectivity index (χ0v) is 12.3. The van der Waals surface area contributed by atoms with Crippen molar-refractivity contribution in [1.29, 1.82) is 0 Å². The maximum Gasteiger partial charge on any atom is 0.387 e. The Morgan fingerprint density at radius 3 is 3.00 bits per heavy atom. The molecule has 10 heteroatoms. The van der Waals surface area contributed by atoms with Crippen molar-refractivity contribution in [3.05, 3.63) is 29.8 Å². The average Bonchev–Trinajstić information content (AvgIpc) is 2.78. The highest BCUT2D eigenvalue weighted by Crippen LogP contribution is 2.22. The fourth-order valence-electron chi connectivity index (χ4n) is 1.66. The molecule has 7 nitrogen and oxygen atoms in total. The summed E-state index contributed by atoms with van der Waals surface area (Å²) in [5.74, 6) is -1.54. The molecule has 1 amide bonds. The Kier molecular flexibility index (Phi) is 5.63. The van der Waals surface area contributed by atoms with Gasteiger partial charge in [-0.2, -0.15) is 13.9 Å². The molecule has 122 valence electrons. The number of ether oxygens (including phenoxy) is 1. The number of nitrogens with one attached hydrogen (secondary N) is 1. The van der Waals surface area contributed by atoms with Crippen LogP contribution in [0, 0.1) is 0 Å². The Bertz CT molecular complexity index is 666. The van der Waals surface area contributed by atoms with Crippen molar-refractivity contribution in [3.8, 4) is 5.75 Å². The van der Waals surface area contributed by atoms with E-state index in [2.05, 4.69) is 20.3 Å².